The molecule has 2 amide bonds. The number of allylic oxidation sites excluding steroid dienone is 6. The van der Waals surface area contributed by atoms with Crippen molar-refractivity contribution in [2.75, 3.05) is 23.9 Å². The van der Waals surface area contributed by atoms with Gasteiger partial charge in [-0.15, -0.1) is 13.2 Å². The number of carbonyl (C=O) groups excluding carboxylic acids is 4. The van der Waals surface area contributed by atoms with Crippen LogP contribution in [0.25, 0.3) is 0 Å². The van der Waals surface area contributed by atoms with Gasteiger partial charge in [0.05, 0.1) is 28.9 Å². The van der Waals surface area contributed by atoms with Crippen LogP contribution >= 0.6 is 0 Å². The molecule has 3 aromatic carbocycles. The molecule has 4 atom stereocenters. The molecule has 51 heavy (non-hydrogen) atoms. The second-order valence-corrected chi connectivity index (χ2v) is 13.1. The molecule has 7 rings (SSSR count). The first-order chi connectivity index (χ1) is 24.2. The molecule has 1 aliphatic heterocycles. The number of amides is 2. The smallest absolute Gasteiger partial charge is 0.508 e. The van der Waals surface area contributed by atoms with Gasteiger partial charge in [0.1, 0.15) is 11.5 Å². The van der Waals surface area contributed by atoms with Crippen molar-refractivity contribution in [1.29, 1.82) is 0 Å². The average molecular weight is 697 g/mol. The Labute approximate surface area is 290 Å². The first kappa shape index (κ1) is 33.6. The van der Waals surface area contributed by atoms with Gasteiger partial charge in [0.2, 0.25) is 11.8 Å². The van der Waals surface area contributed by atoms with Crippen LogP contribution in [0.3, 0.4) is 0 Å². The van der Waals surface area contributed by atoms with E-state index in [1.807, 2.05) is 43.3 Å². The van der Waals surface area contributed by atoms with Crippen molar-refractivity contribution in [1.82, 2.24) is 0 Å². The zero-order chi connectivity index (χ0) is 36.4. The lowest BCUT2D eigenvalue weighted by atomic mass is 9.59. The Morgan fingerprint density at radius 1 is 0.882 bits per heavy atom. The molecule has 10 nitrogen and oxygen atoms in total. The number of hydrogen-bond acceptors (Lipinski definition) is 9. The number of imide groups is 1. The number of fused-ring (bicyclic) bond motifs is 3. The monoisotopic (exact) mass is 696 g/mol. The maximum absolute atomic E-state index is 14.2. The molecule has 0 radical (unpaired) electrons. The van der Waals surface area contributed by atoms with Gasteiger partial charge in [-0.3, -0.25) is 24.1 Å². The summed E-state index contributed by atoms with van der Waals surface area (Å²) < 4.78 is 43.7. The number of anilines is 2. The highest BCUT2D eigenvalue weighted by Gasteiger charge is 2.57. The number of benzene rings is 3. The fourth-order valence-corrected chi connectivity index (χ4v) is 7.55. The Hall–Kier alpha value is -5.85. The largest absolute Gasteiger partial charge is 0.573 e. The molecule has 0 bridgehead atoms. The number of Topliss-reactive ketones (excluding diaryl/α,β-unsaturated/α-hetero) is 1. The predicted molar refractivity (Wildman–Crippen MR) is 180 cm³/mol. The molecule has 0 spiro atoms. The topological polar surface area (TPSA) is 129 Å². The van der Waals surface area contributed by atoms with E-state index >= 15 is 0 Å². The summed E-state index contributed by atoms with van der Waals surface area (Å²) in [6, 6.07) is 16.9. The van der Waals surface area contributed by atoms with Crippen molar-refractivity contribution in [2.45, 2.75) is 32.0 Å². The summed E-state index contributed by atoms with van der Waals surface area (Å²) >= 11 is 0. The number of azo groups is 1. The highest BCUT2D eigenvalue weighted by molar-refractivity contribution is 6.25. The minimum absolute atomic E-state index is 0.0260. The normalized spacial score (nSPS) is 23.2. The van der Waals surface area contributed by atoms with Gasteiger partial charge < -0.3 is 14.7 Å². The lowest BCUT2D eigenvalue weighted by molar-refractivity contribution is -0.274. The summed E-state index contributed by atoms with van der Waals surface area (Å²) in [6.07, 6.45) is -2.07. The number of aromatic hydroxyl groups is 1. The summed E-state index contributed by atoms with van der Waals surface area (Å²) in [6.45, 7) is 1.49. The quantitative estimate of drug-likeness (QED) is 0.123. The zero-order valence-corrected chi connectivity index (χ0v) is 27.6. The van der Waals surface area contributed by atoms with Crippen LogP contribution in [0.2, 0.25) is 0 Å². The van der Waals surface area contributed by atoms with Crippen molar-refractivity contribution >= 4 is 46.1 Å². The fraction of sp³-hybridized carbons (Fsp3) is 0.263. The van der Waals surface area contributed by atoms with E-state index in [9.17, 15) is 37.5 Å². The molecule has 1 fully saturated rings. The molecule has 1 heterocycles. The van der Waals surface area contributed by atoms with Crippen molar-refractivity contribution in [3.63, 3.8) is 0 Å². The molecule has 3 aliphatic carbocycles. The molecule has 0 aromatic heterocycles. The standard InChI is InChI=1S/C38H31F3N4O6/c1-19-16-31(47)34-29(35(19)48)18-27-25(32(34)28-17-24(12-15-30(28)46)51-38(39,40)41)13-14-26-33(27)37(50)45(36(26)49)23-10-6-21(7-11-23)43-42-20-4-8-22(9-5-20)44(2)3/h4-13,15-17,26-27,32-33,46H,14,18H2,1-3H3/t26-,27+,32+,33-/m0/s1. The third kappa shape index (κ3) is 6.02. The van der Waals surface area contributed by atoms with Gasteiger partial charge in [0.25, 0.3) is 0 Å². The minimum Gasteiger partial charge on any atom is -0.508 e. The van der Waals surface area contributed by atoms with E-state index in [0.717, 1.165) is 28.8 Å². The number of carbonyl (C=O) groups is 4. The lowest BCUT2D eigenvalue weighted by Gasteiger charge is -2.42. The summed E-state index contributed by atoms with van der Waals surface area (Å²) in [7, 11) is 3.86. The molecule has 0 unspecified atom stereocenters. The third-order valence-electron chi connectivity index (χ3n) is 9.86. The summed E-state index contributed by atoms with van der Waals surface area (Å²) in [4.78, 5) is 58.2. The molecule has 260 valence electrons. The molecular formula is C38H31F3N4O6. The maximum Gasteiger partial charge on any atom is 0.573 e. The van der Waals surface area contributed by atoms with Crippen molar-refractivity contribution in [3.8, 4) is 11.5 Å². The second kappa shape index (κ2) is 12.5. The van der Waals surface area contributed by atoms with Crippen molar-refractivity contribution in [3.05, 3.63) is 107 Å². The lowest BCUT2D eigenvalue weighted by Crippen LogP contribution is -2.39. The summed E-state index contributed by atoms with van der Waals surface area (Å²) in [5.41, 5.74) is 3.16. The Morgan fingerprint density at radius 3 is 2.16 bits per heavy atom. The predicted octanol–water partition coefficient (Wildman–Crippen LogP) is 7.41. The number of ether oxygens (including phenoxy) is 1. The average Bonchev–Trinajstić information content (AvgIpc) is 3.35. The van der Waals surface area contributed by atoms with Crippen LogP contribution in [-0.2, 0) is 19.2 Å². The summed E-state index contributed by atoms with van der Waals surface area (Å²) in [5, 5.41) is 19.5. The van der Waals surface area contributed by atoms with E-state index in [-0.39, 0.29) is 35.1 Å². The number of hydrogen-bond donors (Lipinski definition) is 1. The van der Waals surface area contributed by atoms with E-state index in [1.54, 1.807) is 30.3 Å². The number of halogens is 3. The van der Waals surface area contributed by atoms with Gasteiger partial charge in [-0.05, 0) is 98.5 Å². The van der Waals surface area contributed by atoms with Crippen LogP contribution in [0.1, 0.15) is 31.2 Å². The van der Waals surface area contributed by atoms with E-state index in [4.69, 9.17) is 0 Å². The van der Waals surface area contributed by atoms with Gasteiger partial charge in [0, 0.05) is 48.0 Å². The van der Waals surface area contributed by atoms with E-state index in [0.29, 0.717) is 22.6 Å². The second-order valence-electron chi connectivity index (χ2n) is 13.1. The van der Waals surface area contributed by atoms with Crippen LogP contribution in [0, 0.1) is 17.8 Å². The number of phenolic OH excluding ortho intramolecular Hbond substituents is 1. The number of alkyl halides is 3. The van der Waals surface area contributed by atoms with Crippen molar-refractivity contribution < 1.29 is 42.2 Å². The van der Waals surface area contributed by atoms with Gasteiger partial charge in [0.15, 0.2) is 11.6 Å². The summed E-state index contributed by atoms with van der Waals surface area (Å²) in [5.74, 6) is -6.56. The number of phenols is 1. The molecule has 3 aromatic rings. The Balaban J connectivity index is 1.21. The van der Waals surface area contributed by atoms with Crippen LogP contribution in [0.15, 0.2) is 111 Å². The third-order valence-corrected chi connectivity index (χ3v) is 9.86. The van der Waals surface area contributed by atoms with Crippen LogP contribution in [-0.4, -0.2) is 48.9 Å². The highest BCUT2D eigenvalue weighted by Crippen LogP contribution is 2.56. The molecule has 4 aliphatic rings. The zero-order valence-electron chi connectivity index (χ0n) is 27.6. The Bertz CT molecular complexity index is 2120. The van der Waals surface area contributed by atoms with Gasteiger partial charge in [-0.25, -0.2) is 0 Å². The van der Waals surface area contributed by atoms with E-state index in [2.05, 4.69) is 15.0 Å². The number of rotatable bonds is 6. The molecular weight excluding hydrogens is 665 g/mol. The first-order valence-electron chi connectivity index (χ1n) is 16.2. The molecule has 13 heteroatoms. The number of nitrogens with zero attached hydrogens (tertiary/aromatic N) is 4. The highest BCUT2D eigenvalue weighted by atomic mass is 19.4. The van der Waals surface area contributed by atoms with E-state index in [1.165, 1.54) is 13.0 Å². The molecule has 0 saturated carbocycles. The fourth-order valence-electron chi connectivity index (χ4n) is 7.55. The Kier molecular flexibility index (Phi) is 8.23. The molecule has 1 N–H and O–H groups in total. The minimum atomic E-state index is -5.03. The van der Waals surface area contributed by atoms with Crippen LogP contribution in [0.5, 0.6) is 11.5 Å². The van der Waals surface area contributed by atoms with Crippen LogP contribution in [0.4, 0.5) is 35.9 Å². The Morgan fingerprint density at radius 2 is 1.53 bits per heavy atom. The van der Waals surface area contributed by atoms with Gasteiger partial charge in [-0.2, -0.15) is 10.2 Å². The number of ketones is 2. The van der Waals surface area contributed by atoms with Crippen molar-refractivity contribution in [2.24, 2.45) is 28.0 Å². The first-order valence-corrected chi connectivity index (χ1v) is 16.2. The van der Waals surface area contributed by atoms with E-state index < -0.39 is 64.9 Å². The molecule has 1 saturated heterocycles. The van der Waals surface area contributed by atoms with Gasteiger partial charge in [-0.1, -0.05) is 11.6 Å². The van der Waals surface area contributed by atoms with Gasteiger partial charge >= 0.3 is 6.36 Å². The van der Waals surface area contributed by atoms with Crippen LogP contribution < -0.4 is 14.5 Å². The SMILES string of the molecule is CC1=CC(=O)C2=C(C[C@@H]3C(=CC[C@@H]4C(=O)N(c5ccc(N=Nc6ccc(N(C)C)cc6)cc5)C(=O)[C@@H]43)[C@@H]2c2cc(OC(F)(F)F)ccc2O)C1=O. The maximum atomic E-state index is 14.2.